The highest BCUT2D eigenvalue weighted by atomic mass is 16.5. The summed E-state index contributed by atoms with van der Waals surface area (Å²) in [5.41, 5.74) is 2.48. The van der Waals surface area contributed by atoms with Gasteiger partial charge in [0, 0.05) is 19.3 Å². The summed E-state index contributed by atoms with van der Waals surface area (Å²) in [5, 5.41) is 9.74. The third-order valence-corrected chi connectivity index (χ3v) is 4.40. The smallest absolute Gasteiger partial charge is 0.337 e. The number of nitrogens with one attached hydrogen (secondary N) is 2. The maximum atomic E-state index is 12.5. The predicted molar refractivity (Wildman–Crippen MR) is 108 cm³/mol. The number of nitrogens with zero attached hydrogens (tertiary/aromatic N) is 2. The number of rotatable bonds is 7. The summed E-state index contributed by atoms with van der Waals surface area (Å²) in [7, 11) is 2.97. The molecule has 0 aliphatic heterocycles. The zero-order valence-electron chi connectivity index (χ0n) is 16.9. The zero-order chi connectivity index (χ0) is 21.7. The fourth-order valence-electron chi connectivity index (χ4n) is 2.89. The topological polar surface area (TPSA) is 115 Å². The number of hydrogen-bond acceptors (Lipinski definition) is 6. The number of carbonyl (C=O) groups is 3. The number of anilines is 1. The van der Waals surface area contributed by atoms with Crippen molar-refractivity contribution < 1.29 is 23.5 Å². The molecule has 2 amide bonds. The molecule has 0 atom stereocenters. The number of esters is 1. The minimum atomic E-state index is -0.559. The van der Waals surface area contributed by atoms with Crippen LogP contribution in [0.15, 0.2) is 47.1 Å². The lowest BCUT2D eigenvalue weighted by Crippen LogP contribution is -2.25. The molecule has 2 aromatic heterocycles. The van der Waals surface area contributed by atoms with Crippen LogP contribution in [0.1, 0.15) is 49.6 Å². The van der Waals surface area contributed by atoms with E-state index < -0.39 is 11.9 Å². The molecule has 0 aliphatic rings. The van der Waals surface area contributed by atoms with E-state index in [9.17, 15) is 14.4 Å². The molecule has 1 aromatic carbocycles. The van der Waals surface area contributed by atoms with E-state index in [1.54, 1.807) is 31.3 Å². The molecule has 2 heterocycles. The molecule has 3 rings (SSSR count). The molecule has 0 saturated carbocycles. The standard InChI is InChI=1S/C21H22N4O5/c1-4-15-11-17(25(2)24-15)19(26)22-12-13-8-14(21(28)29-3)10-16(9-13)23-20(27)18-6-5-7-30-18/h5-11H,4,12H2,1-3H3,(H,22,26)(H,23,27). The molecular formula is C21H22N4O5. The summed E-state index contributed by atoms with van der Waals surface area (Å²) in [4.78, 5) is 36.8. The van der Waals surface area contributed by atoms with Crippen molar-refractivity contribution in [2.45, 2.75) is 19.9 Å². The van der Waals surface area contributed by atoms with Crippen LogP contribution in [0.25, 0.3) is 0 Å². The first-order chi connectivity index (χ1) is 14.4. The van der Waals surface area contributed by atoms with Gasteiger partial charge in [-0.3, -0.25) is 14.3 Å². The van der Waals surface area contributed by atoms with E-state index in [0.29, 0.717) is 16.9 Å². The average Bonchev–Trinajstić information content (AvgIpc) is 3.41. The lowest BCUT2D eigenvalue weighted by molar-refractivity contribution is 0.0600. The van der Waals surface area contributed by atoms with Gasteiger partial charge in [-0.1, -0.05) is 6.92 Å². The number of methoxy groups -OCH3 is 1. The summed E-state index contributed by atoms with van der Waals surface area (Å²) in [6.07, 6.45) is 2.12. The van der Waals surface area contributed by atoms with Crippen LogP contribution in [0.4, 0.5) is 5.69 Å². The van der Waals surface area contributed by atoms with Crippen LogP contribution in [-0.2, 0) is 24.8 Å². The Kier molecular flexibility index (Phi) is 6.31. The fourth-order valence-corrected chi connectivity index (χ4v) is 2.89. The van der Waals surface area contributed by atoms with Crippen LogP contribution in [0.2, 0.25) is 0 Å². The Morgan fingerprint density at radius 1 is 1.17 bits per heavy atom. The van der Waals surface area contributed by atoms with Crippen LogP contribution in [-0.4, -0.2) is 34.7 Å². The van der Waals surface area contributed by atoms with E-state index in [1.807, 2.05) is 6.92 Å². The Balaban J connectivity index is 1.78. The van der Waals surface area contributed by atoms with Crippen LogP contribution in [0, 0.1) is 0 Å². The van der Waals surface area contributed by atoms with E-state index in [2.05, 4.69) is 15.7 Å². The summed E-state index contributed by atoms with van der Waals surface area (Å²) in [6.45, 7) is 2.10. The molecule has 9 heteroatoms. The number of benzene rings is 1. The number of ether oxygens (including phenoxy) is 1. The number of furan rings is 1. The van der Waals surface area contributed by atoms with Crippen LogP contribution in [0.3, 0.4) is 0 Å². The molecule has 0 bridgehead atoms. The normalized spacial score (nSPS) is 10.5. The van der Waals surface area contributed by atoms with Gasteiger partial charge in [0.2, 0.25) is 0 Å². The summed E-state index contributed by atoms with van der Waals surface area (Å²) in [6, 6.07) is 9.60. The third kappa shape index (κ3) is 4.75. The van der Waals surface area contributed by atoms with Crippen LogP contribution in [0.5, 0.6) is 0 Å². The summed E-state index contributed by atoms with van der Waals surface area (Å²) >= 11 is 0. The summed E-state index contributed by atoms with van der Waals surface area (Å²) < 4.78 is 11.4. The zero-order valence-corrected chi connectivity index (χ0v) is 16.9. The van der Waals surface area contributed by atoms with Crippen molar-refractivity contribution in [1.29, 1.82) is 0 Å². The molecule has 0 radical (unpaired) electrons. The quantitative estimate of drug-likeness (QED) is 0.579. The second-order valence-electron chi connectivity index (χ2n) is 6.52. The van der Waals surface area contributed by atoms with E-state index in [-0.39, 0.29) is 23.8 Å². The van der Waals surface area contributed by atoms with Crippen molar-refractivity contribution in [2.24, 2.45) is 7.05 Å². The van der Waals surface area contributed by atoms with Gasteiger partial charge in [0.25, 0.3) is 11.8 Å². The molecule has 0 saturated heterocycles. The largest absolute Gasteiger partial charge is 0.465 e. The van der Waals surface area contributed by atoms with Gasteiger partial charge in [0.15, 0.2) is 5.76 Å². The minimum Gasteiger partial charge on any atom is -0.465 e. The lowest BCUT2D eigenvalue weighted by atomic mass is 10.1. The van der Waals surface area contributed by atoms with E-state index in [4.69, 9.17) is 9.15 Å². The highest BCUT2D eigenvalue weighted by Crippen LogP contribution is 2.18. The van der Waals surface area contributed by atoms with Crippen LogP contribution >= 0.6 is 0 Å². The molecule has 0 aliphatic carbocycles. The van der Waals surface area contributed by atoms with E-state index in [1.165, 1.54) is 30.2 Å². The second kappa shape index (κ2) is 9.08. The molecular weight excluding hydrogens is 388 g/mol. The van der Waals surface area contributed by atoms with Crippen LogP contribution < -0.4 is 10.6 Å². The number of aryl methyl sites for hydroxylation is 2. The molecule has 0 fully saturated rings. The lowest BCUT2D eigenvalue weighted by Gasteiger charge is -2.11. The second-order valence-corrected chi connectivity index (χ2v) is 6.52. The van der Waals surface area contributed by atoms with Gasteiger partial charge >= 0.3 is 5.97 Å². The highest BCUT2D eigenvalue weighted by molar-refractivity contribution is 6.03. The monoisotopic (exact) mass is 410 g/mol. The third-order valence-electron chi connectivity index (χ3n) is 4.40. The van der Waals surface area contributed by atoms with Crippen molar-refractivity contribution in [3.8, 4) is 0 Å². The molecule has 3 aromatic rings. The maximum Gasteiger partial charge on any atom is 0.337 e. The van der Waals surface area contributed by atoms with Gasteiger partial charge in [0.05, 0.1) is 24.6 Å². The van der Waals surface area contributed by atoms with Gasteiger partial charge < -0.3 is 19.8 Å². The number of carbonyl (C=O) groups excluding carboxylic acids is 3. The first-order valence-corrected chi connectivity index (χ1v) is 9.29. The fraction of sp³-hybridized carbons (Fsp3) is 0.238. The van der Waals surface area contributed by atoms with Crippen molar-refractivity contribution in [3.05, 3.63) is 70.9 Å². The Hall–Kier alpha value is -3.88. The van der Waals surface area contributed by atoms with E-state index in [0.717, 1.165) is 12.1 Å². The number of aromatic nitrogens is 2. The molecule has 156 valence electrons. The molecule has 30 heavy (non-hydrogen) atoms. The molecule has 0 spiro atoms. The molecule has 9 nitrogen and oxygen atoms in total. The molecule has 0 unspecified atom stereocenters. The maximum absolute atomic E-state index is 12.5. The van der Waals surface area contributed by atoms with E-state index >= 15 is 0 Å². The SMILES string of the molecule is CCc1cc(C(=O)NCc2cc(NC(=O)c3ccco3)cc(C(=O)OC)c2)n(C)n1. The predicted octanol–water partition coefficient (Wildman–Crippen LogP) is 2.54. The first kappa shape index (κ1) is 20.8. The minimum absolute atomic E-state index is 0.135. The summed E-state index contributed by atoms with van der Waals surface area (Å²) in [5.74, 6) is -1.18. The van der Waals surface area contributed by atoms with Crippen molar-refractivity contribution in [1.82, 2.24) is 15.1 Å². The van der Waals surface area contributed by atoms with Gasteiger partial charge in [-0.25, -0.2) is 4.79 Å². The Bertz CT molecular complexity index is 1070. The Morgan fingerprint density at radius 2 is 1.97 bits per heavy atom. The Morgan fingerprint density at radius 3 is 2.60 bits per heavy atom. The van der Waals surface area contributed by atoms with Gasteiger partial charge in [-0.05, 0) is 48.4 Å². The van der Waals surface area contributed by atoms with Gasteiger partial charge in [-0.15, -0.1) is 0 Å². The van der Waals surface area contributed by atoms with Crippen molar-refractivity contribution in [2.75, 3.05) is 12.4 Å². The van der Waals surface area contributed by atoms with Crippen molar-refractivity contribution >= 4 is 23.5 Å². The van der Waals surface area contributed by atoms with Gasteiger partial charge in [-0.2, -0.15) is 5.10 Å². The highest BCUT2D eigenvalue weighted by Gasteiger charge is 2.15. The first-order valence-electron chi connectivity index (χ1n) is 9.29. The number of amides is 2. The number of hydrogen-bond donors (Lipinski definition) is 2. The average molecular weight is 410 g/mol. The molecule has 2 N–H and O–H groups in total. The van der Waals surface area contributed by atoms with Crippen molar-refractivity contribution in [3.63, 3.8) is 0 Å². The van der Waals surface area contributed by atoms with Gasteiger partial charge in [0.1, 0.15) is 5.69 Å². The Labute approximate surface area is 173 Å².